The molecule has 1 unspecified atom stereocenters. The molecule has 5 rings (SSSR count). The summed E-state index contributed by atoms with van der Waals surface area (Å²) < 4.78 is 15.6. The molecule has 176 valence electrons. The Balaban J connectivity index is 1.54. The fourth-order valence-corrected chi connectivity index (χ4v) is 4.52. The van der Waals surface area contributed by atoms with Crippen LogP contribution in [0.2, 0.25) is 0 Å². The number of carbonyl (C=O) groups is 2. The van der Waals surface area contributed by atoms with Crippen LogP contribution in [0.1, 0.15) is 44.3 Å². The molecular weight excluding hydrogens is 441 g/mol. The van der Waals surface area contributed by atoms with Crippen LogP contribution in [0.15, 0.2) is 91.1 Å². The monoisotopic (exact) mass is 467 g/mol. The highest BCUT2D eigenvalue weighted by Gasteiger charge is 2.36. The highest BCUT2D eigenvalue weighted by atomic mass is 19.1. The predicted molar refractivity (Wildman–Crippen MR) is 132 cm³/mol. The van der Waals surface area contributed by atoms with E-state index in [4.69, 9.17) is 0 Å². The molecule has 2 amide bonds. The van der Waals surface area contributed by atoms with Gasteiger partial charge in [0.1, 0.15) is 5.82 Å². The quantitative estimate of drug-likeness (QED) is 0.449. The maximum Gasteiger partial charge on any atom is 0.255 e. The Bertz CT molecular complexity index is 1360. The first-order chi connectivity index (χ1) is 17.0. The fourth-order valence-electron chi connectivity index (χ4n) is 4.52. The number of hydrogen-bond acceptors (Lipinski definition) is 2. The van der Waals surface area contributed by atoms with Gasteiger partial charge in [0.2, 0.25) is 5.91 Å². The van der Waals surface area contributed by atoms with Gasteiger partial charge in [-0.2, -0.15) is 0 Å². The second-order valence-electron chi connectivity index (χ2n) is 8.88. The Morgan fingerprint density at radius 2 is 1.66 bits per heavy atom. The lowest BCUT2D eigenvalue weighted by Crippen LogP contribution is -2.45. The van der Waals surface area contributed by atoms with Crippen molar-refractivity contribution >= 4 is 11.8 Å². The molecule has 2 heterocycles. The standard InChI is InChI=1S/C29H26FN3O2/c1-20-8-10-21(11-9-20)17-31-28(34)27-26-7-4-16-32(26)19-23-5-2-3-6-25(23)29(35)33(27)18-22-12-14-24(30)15-13-22/h2-16,27H,17-19H2,1H3,(H,31,34). The van der Waals surface area contributed by atoms with E-state index in [1.165, 1.54) is 12.1 Å². The third-order valence-corrected chi connectivity index (χ3v) is 6.41. The first-order valence-corrected chi connectivity index (χ1v) is 11.6. The number of fused-ring (bicyclic) bond motifs is 2. The summed E-state index contributed by atoms with van der Waals surface area (Å²) in [6.45, 7) is 3.03. The van der Waals surface area contributed by atoms with Gasteiger partial charge in [-0.15, -0.1) is 0 Å². The summed E-state index contributed by atoms with van der Waals surface area (Å²) in [6, 6.07) is 24.4. The van der Waals surface area contributed by atoms with Gasteiger partial charge in [-0.25, -0.2) is 4.39 Å². The molecule has 1 N–H and O–H groups in total. The number of rotatable bonds is 5. The highest BCUT2D eigenvalue weighted by molar-refractivity contribution is 5.99. The number of hydrogen-bond donors (Lipinski definition) is 1. The first-order valence-electron chi connectivity index (χ1n) is 11.6. The highest BCUT2D eigenvalue weighted by Crippen LogP contribution is 2.30. The van der Waals surface area contributed by atoms with Gasteiger partial charge in [-0.05, 0) is 53.9 Å². The van der Waals surface area contributed by atoms with Crippen LogP contribution in [0.25, 0.3) is 0 Å². The molecule has 35 heavy (non-hydrogen) atoms. The molecule has 0 saturated heterocycles. The molecule has 1 atom stereocenters. The zero-order valence-corrected chi connectivity index (χ0v) is 19.4. The van der Waals surface area contributed by atoms with Crippen molar-refractivity contribution in [1.29, 1.82) is 0 Å². The molecule has 1 aliphatic rings. The Morgan fingerprint density at radius 1 is 0.943 bits per heavy atom. The number of amides is 2. The second-order valence-corrected chi connectivity index (χ2v) is 8.88. The minimum atomic E-state index is -0.846. The lowest BCUT2D eigenvalue weighted by molar-refractivity contribution is -0.126. The summed E-state index contributed by atoms with van der Waals surface area (Å²) in [6.07, 6.45) is 1.93. The van der Waals surface area contributed by atoms with Gasteiger partial charge in [0.15, 0.2) is 6.04 Å². The maximum absolute atomic E-state index is 13.9. The number of nitrogens with zero attached hydrogens (tertiary/aromatic N) is 2. The van der Waals surface area contributed by atoms with E-state index in [1.54, 1.807) is 23.1 Å². The van der Waals surface area contributed by atoms with Crippen LogP contribution < -0.4 is 5.32 Å². The third-order valence-electron chi connectivity index (χ3n) is 6.41. The molecule has 1 aromatic heterocycles. The van der Waals surface area contributed by atoms with E-state index in [2.05, 4.69) is 5.32 Å². The summed E-state index contributed by atoms with van der Waals surface area (Å²) >= 11 is 0. The topological polar surface area (TPSA) is 54.3 Å². The van der Waals surface area contributed by atoms with E-state index in [1.807, 2.05) is 72.3 Å². The molecular formula is C29H26FN3O2. The van der Waals surface area contributed by atoms with Gasteiger partial charge < -0.3 is 14.8 Å². The van der Waals surface area contributed by atoms with Crippen molar-refractivity contribution in [1.82, 2.24) is 14.8 Å². The van der Waals surface area contributed by atoms with Crippen LogP contribution in [0.5, 0.6) is 0 Å². The number of benzene rings is 3. The Hall–Kier alpha value is -4.19. The maximum atomic E-state index is 13.9. The van der Waals surface area contributed by atoms with Crippen molar-refractivity contribution in [2.45, 2.75) is 32.6 Å². The predicted octanol–water partition coefficient (Wildman–Crippen LogP) is 5.00. The van der Waals surface area contributed by atoms with Crippen molar-refractivity contribution in [2.75, 3.05) is 0 Å². The van der Waals surface area contributed by atoms with Gasteiger partial charge in [-0.1, -0.05) is 60.2 Å². The zero-order chi connectivity index (χ0) is 24.4. The largest absolute Gasteiger partial charge is 0.350 e. The third kappa shape index (κ3) is 4.73. The number of aromatic nitrogens is 1. The Kier molecular flexibility index (Phi) is 6.19. The van der Waals surface area contributed by atoms with E-state index >= 15 is 0 Å². The van der Waals surface area contributed by atoms with Crippen molar-refractivity contribution in [3.8, 4) is 0 Å². The number of halogens is 1. The molecule has 0 aliphatic carbocycles. The van der Waals surface area contributed by atoms with Gasteiger partial charge in [-0.3, -0.25) is 9.59 Å². The molecule has 0 fully saturated rings. The molecule has 3 aromatic carbocycles. The van der Waals surface area contributed by atoms with Gasteiger partial charge >= 0.3 is 0 Å². The molecule has 0 radical (unpaired) electrons. The minimum Gasteiger partial charge on any atom is -0.350 e. The van der Waals surface area contributed by atoms with Gasteiger partial charge in [0, 0.05) is 31.4 Å². The molecule has 0 saturated carbocycles. The van der Waals surface area contributed by atoms with Crippen LogP contribution in [-0.4, -0.2) is 21.3 Å². The molecule has 0 bridgehead atoms. The smallest absolute Gasteiger partial charge is 0.255 e. The van der Waals surface area contributed by atoms with E-state index in [0.717, 1.165) is 27.9 Å². The van der Waals surface area contributed by atoms with E-state index in [0.29, 0.717) is 18.7 Å². The number of carbonyl (C=O) groups excluding carboxylic acids is 2. The van der Waals surface area contributed by atoms with Crippen molar-refractivity contribution in [3.63, 3.8) is 0 Å². The zero-order valence-electron chi connectivity index (χ0n) is 19.4. The molecule has 5 nitrogen and oxygen atoms in total. The normalized spacial score (nSPS) is 15.1. The molecule has 1 aliphatic heterocycles. The van der Waals surface area contributed by atoms with Crippen LogP contribution in [-0.2, 0) is 24.4 Å². The average molecular weight is 468 g/mol. The lowest BCUT2D eigenvalue weighted by Gasteiger charge is -2.34. The Morgan fingerprint density at radius 3 is 2.43 bits per heavy atom. The van der Waals surface area contributed by atoms with Crippen LogP contribution in [0, 0.1) is 12.7 Å². The molecule has 0 spiro atoms. The van der Waals surface area contributed by atoms with Crippen LogP contribution >= 0.6 is 0 Å². The average Bonchev–Trinajstić information content (AvgIpc) is 3.31. The number of aryl methyl sites for hydroxylation is 1. The molecule has 4 aromatic rings. The number of nitrogens with one attached hydrogen (secondary N) is 1. The van der Waals surface area contributed by atoms with Crippen molar-refractivity contribution in [3.05, 3.63) is 130 Å². The summed E-state index contributed by atoms with van der Waals surface area (Å²) in [5, 5.41) is 3.03. The minimum absolute atomic E-state index is 0.168. The SMILES string of the molecule is Cc1ccc(CNC(=O)C2c3cccn3Cc3ccccc3C(=O)N2Cc2ccc(F)cc2)cc1. The van der Waals surface area contributed by atoms with Crippen molar-refractivity contribution < 1.29 is 14.0 Å². The summed E-state index contributed by atoms with van der Waals surface area (Å²) in [7, 11) is 0. The second kappa shape index (κ2) is 9.58. The fraction of sp³-hybridized carbons (Fsp3) is 0.172. The summed E-state index contributed by atoms with van der Waals surface area (Å²) in [4.78, 5) is 29.2. The lowest BCUT2D eigenvalue weighted by atomic mass is 10.00. The molecule has 6 heteroatoms. The summed E-state index contributed by atoms with van der Waals surface area (Å²) in [5.74, 6) is -0.840. The van der Waals surface area contributed by atoms with Crippen LogP contribution in [0.3, 0.4) is 0 Å². The van der Waals surface area contributed by atoms with E-state index in [9.17, 15) is 14.0 Å². The van der Waals surface area contributed by atoms with Crippen molar-refractivity contribution in [2.24, 2.45) is 0 Å². The Labute approximate surface area is 203 Å². The van der Waals surface area contributed by atoms with Crippen LogP contribution in [0.4, 0.5) is 4.39 Å². The van der Waals surface area contributed by atoms with E-state index < -0.39 is 6.04 Å². The van der Waals surface area contributed by atoms with Gasteiger partial charge in [0.25, 0.3) is 5.91 Å². The van der Waals surface area contributed by atoms with Gasteiger partial charge in [0.05, 0.1) is 5.69 Å². The summed E-state index contributed by atoms with van der Waals surface area (Å²) in [5.41, 5.74) is 5.05. The van der Waals surface area contributed by atoms with E-state index in [-0.39, 0.29) is 24.2 Å². The first kappa shape index (κ1) is 22.6.